The average Bonchev–Trinajstić information content (AvgIpc) is 2.25. The lowest BCUT2D eigenvalue weighted by atomic mass is 10.3. The van der Waals surface area contributed by atoms with Gasteiger partial charge in [0.15, 0.2) is 5.96 Å². The molecule has 1 saturated heterocycles. The predicted molar refractivity (Wildman–Crippen MR) is 55.8 cm³/mol. The predicted octanol–water partition coefficient (Wildman–Crippen LogP) is -0.0431. The molecule has 13 heavy (non-hydrogen) atoms. The van der Waals surface area contributed by atoms with Crippen molar-refractivity contribution in [1.82, 2.24) is 9.80 Å². The maximum atomic E-state index is 5.81. The van der Waals surface area contributed by atoms with Crippen LogP contribution in [-0.2, 0) is 0 Å². The van der Waals surface area contributed by atoms with Crippen molar-refractivity contribution in [3.63, 3.8) is 0 Å². The quantitative estimate of drug-likeness (QED) is 0.424. The second-order valence-electron chi connectivity index (χ2n) is 3.74. The van der Waals surface area contributed by atoms with Crippen LogP contribution in [0.25, 0.3) is 0 Å². The minimum Gasteiger partial charge on any atom is -0.370 e. The van der Waals surface area contributed by atoms with E-state index in [0.717, 1.165) is 26.1 Å². The molecule has 4 heteroatoms. The lowest BCUT2D eigenvalue weighted by Crippen LogP contribution is -2.45. The molecule has 0 saturated carbocycles. The highest BCUT2D eigenvalue weighted by Crippen LogP contribution is 2.07. The Morgan fingerprint density at radius 2 is 2.15 bits per heavy atom. The van der Waals surface area contributed by atoms with Crippen molar-refractivity contribution < 1.29 is 0 Å². The summed E-state index contributed by atoms with van der Waals surface area (Å²) in [4.78, 5) is 8.56. The third-order valence-corrected chi connectivity index (χ3v) is 2.57. The topological polar surface area (TPSA) is 44.9 Å². The highest BCUT2D eigenvalue weighted by Gasteiger charge is 2.20. The molecule has 1 aliphatic rings. The van der Waals surface area contributed by atoms with Crippen LogP contribution in [0.15, 0.2) is 4.99 Å². The second kappa shape index (κ2) is 4.46. The van der Waals surface area contributed by atoms with Crippen LogP contribution in [0.3, 0.4) is 0 Å². The fourth-order valence-electron chi connectivity index (χ4n) is 1.84. The smallest absolute Gasteiger partial charge is 0.191 e. The first-order valence-corrected chi connectivity index (χ1v) is 4.82. The molecule has 1 fully saturated rings. The Hall–Kier alpha value is -0.770. The van der Waals surface area contributed by atoms with Crippen molar-refractivity contribution in [2.75, 3.05) is 33.7 Å². The molecule has 2 N–H and O–H groups in total. The first kappa shape index (κ1) is 10.3. The van der Waals surface area contributed by atoms with Crippen LogP contribution >= 0.6 is 0 Å². The minimum absolute atomic E-state index is 0.469. The average molecular weight is 184 g/mol. The number of aliphatic imine (C=N–C) groups is 1. The molecule has 1 rings (SSSR count). The molecule has 0 aromatic rings. The van der Waals surface area contributed by atoms with Crippen molar-refractivity contribution >= 4 is 5.96 Å². The van der Waals surface area contributed by atoms with Gasteiger partial charge in [-0.25, -0.2) is 0 Å². The third kappa shape index (κ3) is 2.59. The summed E-state index contributed by atoms with van der Waals surface area (Å²) in [6.07, 6.45) is 1.16. The number of nitrogens with two attached hydrogens (primary N) is 1. The van der Waals surface area contributed by atoms with Crippen molar-refractivity contribution in [2.45, 2.75) is 19.4 Å². The normalized spacial score (nSPS) is 27.5. The van der Waals surface area contributed by atoms with Crippen LogP contribution in [0, 0.1) is 0 Å². The Balaban J connectivity index is 2.63. The van der Waals surface area contributed by atoms with Crippen LogP contribution in [0.5, 0.6) is 0 Å². The van der Waals surface area contributed by atoms with Crippen molar-refractivity contribution in [1.29, 1.82) is 0 Å². The summed E-state index contributed by atoms with van der Waals surface area (Å²) in [6, 6.07) is 0.469. The largest absolute Gasteiger partial charge is 0.370 e. The first-order valence-electron chi connectivity index (χ1n) is 4.82. The Morgan fingerprint density at radius 3 is 2.77 bits per heavy atom. The van der Waals surface area contributed by atoms with E-state index in [4.69, 9.17) is 5.73 Å². The van der Waals surface area contributed by atoms with Gasteiger partial charge in [0.05, 0.1) is 0 Å². The number of guanidine groups is 1. The van der Waals surface area contributed by atoms with Crippen molar-refractivity contribution in [3.05, 3.63) is 0 Å². The van der Waals surface area contributed by atoms with Gasteiger partial charge in [0.1, 0.15) is 0 Å². The monoisotopic (exact) mass is 184 g/mol. The van der Waals surface area contributed by atoms with Gasteiger partial charge in [-0.2, -0.15) is 0 Å². The first-order chi connectivity index (χ1) is 6.15. The SMILES string of the molecule is CN=C(N)N1CCCN(C)CC1C. The Morgan fingerprint density at radius 1 is 1.46 bits per heavy atom. The lowest BCUT2D eigenvalue weighted by molar-refractivity contribution is 0.283. The van der Waals surface area contributed by atoms with Crippen LogP contribution in [-0.4, -0.2) is 55.5 Å². The molecule has 0 aromatic heterocycles. The molecule has 0 aromatic carbocycles. The number of likely N-dealkylation sites (N-methyl/N-ethyl adjacent to an activating group) is 1. The van der Waals surface area contributed by atoms with Gasteiger partial charge in [-0.3, -0.25) is 4.99 Å². The summed E-state index contributed by atoms with van der Waals surface area (Å²) in [5, 5.41) is 0. The molecule has 4 nitrogen and oxygen atoms in total. The molecule has 1 unspecified atom stereocenters. The molecule has 0 radical (unpaired) electrons. The number of hydrogen-bond donors (Lipinski definition) is 1. The van der Waals surface area contributed by atoms with E-state index in [9.17, 15) is 0 Å². The Labute approximate surface area is 80.4 Å². The van der Waals surface area contributed by atoms with Crippen molar-refractivity contribution in [2.24, 2.45) is 10.7 Å². The molecule has 0 amide bonds. The van der Waals surface area contributed by atoms with Crippen LogP contribution in [0.2, 0.25) is 0 Å². The van der Waals surface area contributed by atoms with E-state index < -0.39 is 0 Å². The molecular formula is C9H20N4. The van der Waals surface area contributed by atoms with Gasteiger partial charge < -0.3 is 15.5 Å². The zero-order chi connectivity index (χ0) is 9.84. The van der Waals surface area contributed by atoms with Gasteiger partial charge >= 0.3 is 0 Å². The summed E-state index contributed by atoms with van der Waals surface area (Å²) >= 11 is 0. The van der Waals surface area contributed by atoms with E-state index in [2.05, 4.69) is 28.8 Å². The molecule has 0 bridgehead atoms. The summed E-state index contributed by atoms with van der Waals surface area (Å²) in [6.45, 7) is 5.43. The zero-order valence-electron chi connectivity index (χ0n) is 8.82. The van der Waals surface area contributed by atoms with Gasteiger partial charge in [-0.15, -0.1) is 0 Å². The summed E-state index contributed by atoms with van der Waals surface area (Å²) in [7, 11) is 3.90. The van der Waals surface area contributed by atoms with E-state index in [1.165, 1.54) is 0 Å². The summed E-state index contributed by atoms with van der Waals surface area (Å²) < 4.78 is 0. The lowest BCUT2D eigenvalue weighted by Gasteiger charge is -2.28. The molecule has 0 spiro atoms. The van der Waals surface area contributed by atoms with Crippen LogP contribution in [0.4, 0.5) is 0 Å². The fourth-order valence-corrected chi connectivity index (χ4v) is 1.84. The van der Waals surface area contributed by atoms with Crippen LogP contribution in [0.1, 0.15) is 13.3 Å². The van der Waals surface area contributed by atoms with E-state index >= 15 is 0 Å². The van der Waals surface area contributed by atoms with E-state index in [1.807, 2.05) is 0 Å². The van der Waals surface area contributed by atoms with Crippen molar-refractivity contribution in [3.8, 4) is 0 Å². The van der Waals surface area contributed by atoms with Crippen LogP contribution < -0.4 is 5.73 Å². The van der Waals surface area contributed by atoms with E-state index in [0.29, 0.717) is 12.0 Å². The Bertz CT molecular complexity index is 190. The van der Waals surface area contributed by atoms with E-state index in [1.54, 1.807) is 7.05 Å². The van der Waals surface area contributed by atoms with Gasteiger partial charge in [-0.05, 0) is 26.9 Å². The molecule has 0 aliphatic carbocycles. The van der Waals surface area contributed by atoms with Gasteiger partial charge in [-0.1, -0.05) is 0 Å². The summed E-state index contributed by atoms with van der Waals surface area (Å²) in [5.74, 6) is 0.669. The minimum atomic E-state index is 0.469. The third-order valence-electron chi connectivity index (χ3n) is 2.57. The number of rotatable bonds is 0. The zero-order valence-corrected chi connectivity index (χ0v) is 8.82. The van der Waals surface area contributed by atoms with Gasteiger partial charge in [0, 0.05) is 26.2 Å². The Kier molecular flexibility index (Phi) is 3.54. The van der Waals surface area contributed by atoms with Gasteiger partial charge in [0.25, 0.3) is 0 Å². The molecule has 1 atom stereocenters. The van der Waals surface area contributed by atoms with E-state index in [-0.39, 0.29) is 0 Å². The summed E-state index contributed by atoms with van der Waals surface area (Å²) in [5.41, 5.74) is 5.81. The second-order valence-corrected chi connectivity index (χ2v) is 3.74. The maximum absolute atomic E-state index is 5.81. The number of hydrogen-bond acceptors (Lipinski definition) is 2. The highest BCUT2D eigenvalue weighted by molar-refractivity contribution is 5.78. The molecular weight excluding hydrogens is 164 g/mol. The maximum Gasteiger partial charge on any atom is 0.191 e. The van der Waals surface area contributed by atoms with Gasteiger partial charge in [0.2, 0.25) is 0 Å². The molecule has 1 aliphatic heterocycles. The molecule has 1 heterocycles. The fraction of sp³-hybridized carbons (Fsp3) is 0.889. The highest BCUT2D eigenvalue weighted by atomic mass is 15.3. The standard InChI is InChI=1S/C9H20N4/c1-8-7-12(3)5-4-6-13(8)9(10)11-2/h8H,4-7H2,1-3H3,(H2,10,11). The molecule has 76 valence electrons. The number of nitrogens with zero attached hydrogens (tertiary/aromatic N) is 3.